The quantitative estimate of drug-likeness (QED) is 0.754. The smallest absolute Gasteiger partial charge is 0.420 e. The minimum Gasteiger partial charge on any atom is -0.443 e. The number of amides is 2. The van der Waals surface area contributed by atoms with E-state index in [4.69, 9.17) is 21.1 Å². The molecule has 8 heteroatoms. The minimum absolute atomic E-state index is 0.238. The molecule has 1 N–H and O–H groups in total. The zero-order chi connectivity index (χ0) is 20.6. The predicted octanol–water partition coefficient (Wildman–Crippen LogP) is 4.11. The number of carbonyl (C=O) groups is 2. The number of hydrogen-bond acceptors (Lipinski definition) is 6. The second-order valence-electron chi connectivity index (χ2n) is 8.59. The van der Waals surface area contributed by atoms with Crippen molar-refractivity contribution < 1.29 is 24.2 Å². The maximum absolute atomic E-state index is 12.9. The summed E-state index contributed by atoms with van der Waals surface area (Å²) >= 11 is 6.19. The highest BCUT2D eigenvalue weighted by Gasteiger charge is 2.45. The van der Waals surface area contributed by atoms with Gasteiger partial charge in [-0.15, -0.1) is 0 Å². The van der Waals surface area contributed by atoms with E-state index in [1.54, 1.807) is 47.6 Å². The highest BCUT2D eigenvalue weighted by atomic mass is 35.5. The van der Waals surface area contributed by atoms with Gasteiger partial charge in [0, 0.05) is 18.7 Å². The van der Waals surface area contributed by atoms with Crippen molar-refractivity contribution >= 4 is 23.8 Å². The van der Waals surface area contributed by atoms with E-state index >= 15 is 0 Å². The van der Waals surface area contributed by atoms with E-state index in [0.717, 1.165) is 4.90 Å². The molecule has 0 radical (unpaired) electrons. The van der Waals surface area contributed by atoms with Gasteiger partial charge >= 0.3 is 12.2 Å². The Morgan fingerprint density at radius 1 is 1.19 bits per heavy atom. The first-order valence-electron chi connectivity index (χ1n) is 8.83. The third kappa shape index (κ3) is 5.11. The van der Waals surface area contributed by atoms with Crippen LogP contribution in [-0.2, 0) is 15.9 Å². The third-order valence-corrected chi connectivity index (χ3v) is 4.29. The molecule has 150 valence electrons. The van der Waals surface area contributed by atoms with Crippen molar-refractivity contribution in [2.75, 3.05) is 6.61 Å². The lowest BCUT2D eigenvalue weighted by molar-refractivity contribution is -0.0148. The number of halogens is 1. The van der Waals surface area contributed by atoms with Crippen LogP contribution in [0.5, 0.6) is 0 Å². The molecule has 2 amide bonds. The average molecular weight is 399 g/mol. The van der Waals surface area contributed by atoms with Crippen molar-refractivity contribution in [1.29, 1.82) is 0 Å². The molecule has 1 aromatic heterocycles. The number of fused-ring (bicyclic) bond motifs is 1. The molecule has 0 aromatic carbocycles. The van der Waals surface area contributed by atoms with Gasteiger partial charge in [-0.25, -0.2) is 19.5 Å². The molecule has 7 nitrogen and oxygen atoms in total. The fourth-order valence-corrected chi connectivity index (χ4v) is 3.27. The predicted molar refractivity (Wildman–Crippen MR) is 101 cm³/mol. The minimum atomic E-state index is -0.832. The van der Waals surface area contributed by atoms with Crippen LogP contribution >= 0.6 is 11.6 Å². The van der Waals surface area contributed by atoms with Crippen LogP contribution in [0, 0.1) is 5.92 Å². The van der Waals surface area contributed by atoms with Crippen molar-refractivity contribution in [3.05, 3.63) is 28.5 Å². The normalized spacial score (nSPS) is 19.4. The lowest BCUT2D eigenvalue weighted by Gasteiger charge is -2.34. The average Bonchev–Trinajstić information content (AvgIpc) is 2.84. The summed E-state index contributed by atoms with van der Waals surface area (Å²) < 4.78 is 10.9. The molecule has 2 rings (SSSR count). The Morgan fingerprint density at radius 3 is 2.15 bits per heavy atom. The van der Waals surface area contributed by atoms with E-state index < -0.39 is 35.3 Å². The summed E-state index contributed by atoms with van der Waals surface area (Å²) in [6.07, 6.45) is 0.239. The lowest BCUT2D eigenvalue weighted by atomic mass is 10.0. The fourth-order valence-electron chi connectivity index (χ4n) is 3.03. The second kappa shape index (κ2) is 7.64. The highest BCUT2D eigenvalue weighted by molar-refractivity contribution is 6.30. The zero-order valence-corrected chi connectivity index (χ0v) is 17.3. The summed E-state index contributed by atoms with van der Waals surface area (Å²) in [5.41, 5.74) is -0.238. The van der Waals surface area contributed by atoms with E-state index in [9.17, 15) is 14.7 Å². The van der Waals surface area contributed by atoms with E-state index in [0.29, 0.717) is 22.7 Å². The second-order valence-corrected chi connectivity index (χ2v) is 8.95. The SMILES string of the molecule is CC(C)(C)OC(=O)N(C(=O)OC(C)(C)C)[C@@H]1c2ccnc(Cl)c2C[C@H]1CO. The number of imide groups is 1. The Bertz CT molecular complexity index is 696. The van der Waals surface area contributed by atoms with Crippen molar-refractivity contribution in [3.8, 4) is 0 Å². The molecule has 0 fully saturated rings. The largest absolute Gasteiger partial charge is 0.443 e. The molecule has 2 atom stereocenters. The third-order valence-electron chi connectivity index (χ3n) is 3.96. The number of hydrogen-bond donors (Lipinski definition) is 1. The van der Waals surface area contributed by atoms with Crippen LogP contribution < -0.4 is 0 Å². The standard InChI is InChI=1S/C19H27ClN2O5/c1-18(2,3)26-16(24)22(17(25)27-19(4,5)6)14-11(10-23)9-13-12(14)7-8-21-15(13)20/h7-8,11,14,23H,9-10H2,1-6H3/t11-,14-/m0/s1. The maximum atomic E-state index is 12.9. The van der Waals surface area contributed by atoms with Gasteiger partial charge in [0.1, 0.15) is 16.4 Å². The zero-order valence-electron chi connectivity index (χ0n) is 16.6. The van der Waals surface area contributed by atoms with E-state index in [1.165, 1.54) is 6.20 Å². The number of aliphatic hydroxyl groups excluding tert-OH is 1. The first kappa shape index (κ1) is 21.4. The number of pyridine rings is 1. The fraction of sp³-hybridized carbons (Fsp3) is 0.632. The molecule has 1 aromatic rings. The van der Waals surface area contributed by atoms with Gasteiger partial charge in [0.15, 0.2) is 0 Å². The van der Waals surface area contributed by atoms with Gasteiger partial charge in [0.05, 0.1) is 6.04 Å². The molecule has 1 aliphatic rings. The van der Waals surface area contributed by atoms with Crippen LogP contribution in [0.2, 0.25) is 5.15 Å². The Balaban J connectivity index is 2.50. The van der Waals surface area contributed by atoms with Crippen LogP contribution in [0.25, 0.3) is 0 Å². The van der Waals surface area contributed by atoms with E-state index in [1.807, 2.05) is 0 Å². The topological polar surface area (TPSA) is 89.0 Å². The maximum Gasteiger partial charge on any atom is 0.420 e. The number of rotatable bonds is 2. The summed E-state index contributed by atoms with van der Waals surface area (Å²) in [5, 5.41) is 10.2. The monoisotopic (exact) mass is 398 g/mol. The summed E-state index contributed by atoms with van der Waals surface area (Å²) in [5.74, 6) is -0.429. The first-order valence-corrected chi connectivity index (χ1v) is 9.21. The summed E-state index contributed by atoms with van der Waals surface area (Å²) in [4.78, 5) is 30.8. The van der Waals surface area contributed by atoms with Gasteiger partial charge in [0.2, 0.25) is 0 Å². The van der Waals surface area contributed by atoms with Gasteiger partial charge < -0.3 is 14.6 Å². The summed E-state index contributed by atoms with van der Waals surface area (Å²) in [6.45, 7) is 10.0. The molecule has 27 heavy (non-hydrogen) atoms. The van der Waals surface area contributed by atoms with Crippen LogP contribution in [0.15, 0.2) is 12.3 Å². The molecular formula is C19H27ClN2O5. The highest BCUT2D eigenvalue weighted by Crippen LogP contribution is 2.43. The van der Waals surface area contributed by atoms with Gasteiger partial charge in [-0.3, -0.25) is 0 Å². The Kier molecular flexibility index (Phi) is 6.06. The van der Waals surface area contributed by atoms with Gasteiger partial charge in [-0.1, -0.05) is 11.6 Å². The molecule has 1 heterocycles. The Morgan fingerprint density at radius 2 is 1.70 bits per heavy atom. The number of aliphatic hydroxyl groups is 1. The molecule has 0 spiro atoms. The van der Waals surface area contributed by atoms with E-state index in [-0.39, 0.29) is 6.61 Å². The van der Waals surface area contributed by atoms with Crippen molar-refractivity contribution in [3.63, 3.8) is 0 Å². The lowest BCUT2D eigenvalue weighted by Crippen LogP contribution is -2.47. The number of nitrogens with zero attached hydrogens (tertiary/aromatic N) is 2. The Labute approximate surface area is 164 Å². The van der Waals surface area contributed by atoms with Crippen LogP contribution in [0.1, 0.15) is 58.7 Å². The van der Waals surface area contributed by atoms with Gasteiger partial charge in [-0.2, -0.15) is 0 Å². The van der Waals surface area contributed by atoms with Gasteiger partial charge in [0.25, 0.3) is 0 Å². The van der Waals surface area contributed by atoms with Crippen LogP contribution in [-0.4, -0.2) is 45.0 Å². The van der Waals surface area contributed by atoms with Crippen molar-refractivity contribution in [2.24, 2.45) is 5.92 Å². The number of ether oxygens (including phenoxy) is 2. The first-order chi connectivity index (χ1) is 12.3. The molecule has 0 unspecified atom stereocenters. The number of aromatic nitrogens is 1. The molecule has 0 saturated heterocycles. The molecule has 1 aliphatic carbocycles. The summed E-state index contributed by atoms with van der Waals surface area (Å²) in [7, 11) is 0. The van der Waals surface area contributed by atoms with Crippen molar-refractivity contribution in [1.82, 2.24) is 9.88 Å². The Hall–Kier alpha value is -1.86. The van der Waals surface area contributed by atoms with Gasteiger partial charge in [-0.05, 0) is 65.2 Å². The molecule has 0 saturated carbocycles. The summed E-state index contributed by atoms with van der Waals surface area (Å²) in [6, 6.07) is 0.943. The van der Waals surface area contributed by atoms with Crippen LogP contribution in [0.3, 0.4) is 0 Å². The molecule has 0 aliphatic heterocycles. The van der Waals surface area contributed by atoms with Crippen molar-refractivity contribution in [2.45, 2.75) is 65.2 Å². The van der Waals surface area contributed by atoms with Crippen LogP contribution in [0.4, 0.5) is 9.59 Å². The molecular weight excluding hydrogens is 372 g/mol. The molecule has 0 bridgehead atoms. The van der Waals surface area contributed by atoms with E-state index in [2.05, 4.69) is 4.98 Å². The number of carbonyl (C=O) groups excluding carboxylic acids is 2.